The van der Waals surface area contributed by atoms with E-state index in [0.29, 0.717) is 5.82 Å². The van der Waals surface area contributed by atoms with E-state index < -0.39 is 5.97 Å². The molecule has 0 aliphatic carbocycles. The second-order valence-electron chi connectivity index (χ2n) is 3.64. The Kier molecular flexibility index (Phi) is 3.47. The van der Waals surface area contributed by atoms with Crippen LogP contribution in [0.15, 0.2) is 30.3 Å². The summed E-state index contributed by atoms with van der Waals surface area (Å²) in [6, 6.07) is 7.77. The Labute approximate surface area is 104 Å². The Morgan fingerprint density at radius 3 is 2.72 bits per heavy atom. The summed E-state index contributed by atoms with van der Waals surface area (Å²) in [5.41, 5.74) is 2.01. The molecule has 0 amide bonds. The number of rotatable bonds is 4. The van der Waals surface area contributed by atoms with E-state index in [4.69, 9.17) is 5.11 Å². The molecule has 6 heteroatoms. The Morgan fingerprint density at radius 1 is 1.39 bits per heavy atom. The number of hydrogen-bond acceptors (Lipinski definition) is 4. The van der Waals surface area contributed by atoms with Gasteiger partial charge in [-0.25, -0.2) is 4.79 Å². The second kappa shape index (κ2) is 5.22. The van der Waals surface area contributed by atoms with Crippen LogP contribution in [0.2, 0.25) is 0 Å². The lowest BCUT2D eigenvalue weighted by Gasteiger charge is -2.02. The van der Waals surface area contributed by atoms with E-state index in [1.165, 1.54) is 16.3 Å². The summed E-state index contributed by atoms with van der Waals surface area (Å²) < 4.78 is 1.48. The molecule has 2 aromatic rings. The zero-order chi connectivity index (χ0) is 13.0. The third-order valence-corrected chi connectivity index (χ3v) is 2.46. The number of carboxylic acid groups (broad SMARTS) is 1. The molecule has 0 unspecified atom stereocenters. The number of carboxylic acids is 1. The van der Waals surface area contributed by atoms with Crippen molar-refractivity contribution < 1.29 is 9.90 Å². The predicted molar refractivity (Wildman–Crippen MR) is 65.2 cm³/mol. The van der Waals surface area contributed by atoms with Crippen LogP contribution in [0, 0.1) is 0 Å². The fraction of sp³-hybridized carbons (Fsp3) is 0.167. The van der Waals surface area contributed by atoms with E-state index in [1.54, 1.807) is 0 Å². The van der Waals surface area contributed by atoms with Gasteiger partial charge >= 0.3 is 5.97 Å². The molecule has 92 valence electrons. The predicted octanol–water partition coefficient (Wildman–Crippen LogP) is 1.32. The number of aliphatic carboxylic acids is 1. The van der Waals surface area contributed by atoms with Crippen LogP contribution in [0.5, 0.6) is 0 Å². The minimum Gasteiger partial charge on any atom is -0.478 e. The highest BCUT2D eigenvalue weighted by Crippen LogP contribution is 2.11. The standard InChI is InChI=1S/C12H12N4O2/c1-2-9-3-5-10(6-4-9)16-11(13-14-15-16)7-8-12(17)18/h3-8H,2H2,1H3,(H,17,18)/b8-7+. The molecular weight excluding hydrogens is 232 g/mol. The van der Waals surface area contributed by atoms with Crippen LogP contribution in [-0.2, 0) is 11.2 Å². The third kappa shape index (κ3) is 2.60. The van der Waals surface area contributed by atoms with E-state index in [-0.39, 0.29) is 0 Å². The maximum Gasteiger partial charge on any atom is 0.328 e. The number of carbonyl (C=O) groups is 1. The minimum atomic E-state index is -1.04. The average molecular weight is 244 g/mol. The molecule has 0 spiro atoms. The highest BCUT2D eigenvalue weighted by Gasteiger charge is 2.05. The van der Waals surface area contributed by atoms with Gasteiger partial charge in [-0.15, -0.1) is 5.10 Å². The summed E-state index contributed by atoms with van der Waals surface area (Å²) in [6.45, 7) is 2.08. The van der Waals surface area contributed by atoms with Gasteiger partial charge in [-0.05, 0) is 40.6 Å². The van der Waals surface area contributed by atoms with Crippen molar-refractivity contribution >= 4 is 12.0 Å². The molecule has 1 aromatic carbocycles. The molecule has 0 atom stereocenters. The van der Waals surface area contributed by atoms with Crippen LogP contribution < -0.4 is 0 Å². The number of benzene rings is 1. The number of aryl methyl sites for hydroxylation is 1. The quantitative estimate of drug-likeness (QED) is 0.820. The van der Waals surface area contributed by atoms with Gasteiger partial charge in [-0.3, -0.25) is 0 Å². The summed E-state index contributed by atoms with van der Waals surface area (Å²) in [4.78, 5) is 10.5. The van der Waals surface area contributed by atoms with Gasteiger partial charge in [0.1, 0.15) is 0 Å². The number of nitrogens with zero attached hydrogens (tertiary/aromatic N) is 4. The molecular formula is C12H12N4O2. The normalized spacial score (nSPS) is 10.9. The van der Waals surface area contributed by atoms with Gasteiger partial charge in [-0.2, -0.15) is 4.68 Å². The van der Waals surface area contributed by atoms with E-state index in [1.807, 2.05) is 24.3 Å². The van der Waals surface area contributed by atoms with Crippen LogP contribution in [0.25, 0.3) is 11.8 Å². The molecule has 18 heavy (non-hydrogen) atoms. The van der Waals surface area contributed by atoms with Gasteiger partial charge < -0.3 is 5.11 Å². The van der Waals surface area contributed by atoms with Gasteiger partial charge in [0, 0.05) is 6.08 Å². The molecule has 1 aromatic heterocycles. The van der Waals surface area contributed by atoms with Crippen LogP contribution in [0.4, 0.5) is 0 Å². The largest absolute Gasteiger partial charge is 0.478 e. The first-order chi connectivity index (χ1) is 8.70. The van der Waals surface area contributed by atoms with E-state index in [2.05, 4.69) is 22.4 Å². The first-order valence-electron chi connectivity index (χ1n) is 5.49. The van der Waals surface area contributed by atoms with Gasteiger partial charge in [0.25, 0.3) is 0 Å². The number of hydrogen-bond donors (Lipinski definition) is 1. The van der Waals surface area contributed by atoms with Crippen molar-refractivity contribution in [3.8, 4) is 5.69 Å². The molecule has 1 heterocycles. The molecule has 0 aliphatic heterocycles. The zero-order valence-corrected chi connectivity index (χ0v) is 9.82. The minimum absolute atomic E-state index is 0.377. The first kappa shape index (κ1) is 12.0. The molecule has 0 radical (unpaired) electrons. The van der Waals surface area contributed by atoms with E-state index >= 15 is 0 Å². The van der Waals surface area contributed by atoms with E-state index in [9.17, 15) is 4.79 Å². The maximum atomic E-state index is 10.5. The lowest BCUT2D eigenvalue weighted by atomic mass is 10.1. The molecule has 0 saturated heterocycles. The topological polar surface area (TPSA) is 80.9 Å². The Bertz CT molecular complexity index is 572. The van der Waals surface area contributed by atoms with Crippen molar-refractivity contribution in [3.63, 3.8) is 0 Å². The van der Waals surface area contributed by atoms with Crippen molar-refractivity contribution in [1.82, 2.24) is 20.2 Å². The van der Waals surface area contributed by atoms with Crippen LogP contribution in [-0.4, -0.2) is 31.3 Å². The molecule has 1 N–H and O–H groups in total. The highest BCUT2D eigenvalue weighted by molar-refractivity contribution is 5.84. The van der Waals surface area contributed by atoms with Crippen molar-refractivity contribution in [2.45, 2.75) is 13.3 Å². The fourth-order valence-corrected chi connectivity index (χ4v) is 1.50. The van der Waals surface area contributed by atoms with E-state index in [0.717, 1.165) is 18.2 Å². The van der Waals surface area contributed by atoms with Crippen LogP contribution in [0.1, 0.15) is 18.3 Å². The Hall–Kier alpha value is -2.50. The summed E-state index contributed by atoms with van der Waals surface area (Å²) in [5.74, 6) is -0.660. The van der Waals surface area contributed by atoms with Gasteiger partial charge in [-0.1, -0.05) is 19.1 Å². The Balaban J connectivity index is 2.32. The SMILES string of the molecule is CCc1ccc(-n2nnnc2/C=C/C(=O)O)cc1. The summed E-state index contributed by atoms with van der Waals surface area (Å²) in [6.07, 6.45) is 3.32. The van der Waals surface area contributed by atoms with Crippen molar-refractivity contribution in [3.05, 3.63) is 41.7 Å². The molecule has 0 aliphatic rings. The van der Waals surface area contributed by atoms with Gasteiger partial charge in [0.15, 0.2) is 5.82 Å². The molecule has 0 saturated carbocycles. The zero-order valence-electron chi connectivity index (χ0n) is 9.82. The smallest absolute Gasteiger partial charge is 0.328 e. The average Bonchev–Trinajstić information content (AvgIpc) is 2.85. The molecule has 2 rings (SSSR count). The van der Waals surface area contributed by atoms with Gasteiger partial charge in [0.05, 0.1) is 5.69 Å². The summed E-state index contributed by atoms with van der Waals surface area (Å²) in [7, 11) is 0. The van der Waals surface area contributed by atoms with Crippen molar-refractivity contribution in [1.29, 1.82) is 0 Å². The number of aromatic nitrogens is 4. The first-order valence-corrected chi connectivity index (χ1v) is 5.49. The summed E-state index contributed by atoms with van der Waals surface area (Å²) in [5, 5.41) is 19.7. The second-order valence-corrected chi connectivity index (χ2v) is 3.64. The molecule has 6 nitrogen and oxygen atoms in total. The third-order valence-electron chi connectivity index (χ3n) is 2.46. The fourth-order valence-electron chi connectivity index (χ4n) is 1.50. The monoisotopic (exact) mass is 244 g/mol. The lowest BCUT2D eigenvalue weighted by molar-refractivity contribution is -0.131. The molecule has 0 bridgehead atoms. The molecule has 0 fully saturated rings. The van der Waals surface area contributed by atoms with Crippen LogP contribution >= 0.6 is 0 Å². The highest BCUT2D eigenvalue weighted by atomic mass is 16.4. The lowest BCUT2D eigenvalue weighted by Crippen LogP contribution is -2.00. The Morgan fingerprint density at radius 2 is 2.11 bits per heavy atom. The van der Waals surface area contributed by atoms with Gasteiger partial charge in [0.2, 0.25) is 0 Å². The number of tetrazole rings is 1. The summed E-state index contributed by atoms with van der Waals surface area (Å²) >= 11 is 0. The van der Waals surface area contributed by atoms with Crippen molar-refractivity contribution in [2.24, 2.45) is 0 Å². The van der Waals surface area contributed by atoms with Crippen LogP contribution in [0.3, 0.4) is 0 Å². The van der Waals surface area contributed by atoms with Crippen molar-refractivity contribution in [2.75, 3.05) is 0 Å². The maximum absolute atomic E-state index is 10.5.